The lowest BCUT2D eigenvalue weighted by Crippen LogP contribution is -2.19. The standard InChI is InChI=1S/C12H10BrN3O2/c1-8(11-3-2-4-18-11)15-16-12(17)9-5-10(13)7-14-6-9/h2-7H,1H3,(H,16,17). The van der Waals surface area contributed by atoms with Gasteiger partial charge in [0, 0.05) is 16.9 Å². The molecule has 0 bridgehead atoms. The number of aromatic nitrogens is 1. The molecule has 92 valence electrons. The maximum Gasteiger partial charge on any atom is 0.272 e. The molecular formula is C12H10BrN3O2. The topological polar surface area (TPSA) is 67.5 Å². The quantitative estimate of drug-likeness (QED) is 0.700. The molecule has 1 N–H and O–H groups in total. The van der Waals surface area contributed by atoms with E-state index in [2.05, 4.69) is 31.4 Å². The molecule has 1 amide bonds. The summed E-state index contributed by atoms with van der Waals surface area (Å²) >= 11 is 3.25. The van der Waals surface area contributed by atoms with Crippen LogP contribution in [0.1, 0.15) is 23.0 Å². The van der Waals surface area contributed by atoms with Gasteiger partial charge in [-0.1, -0.05) is 0 Å². The minimum atomic E-state index is -0.324. The van der Waals surface area contributed by atoms with E-state index in [9.17, 15) is 4.79 Å². The van der Waals surface area contributed by atoms with Crippen molar-refractivity contribution >= 4 is 27.5 Å². The number of hydrazone groups is 1. The number of rotatable bonds is 3. The Bertz CT molecular complexity index is 579. The van der Waals surface area contributed by atoms with Gasteiger partial charge in [0.15, 0.2) is 0 Å². The number of nitrogens with zero attached hydrogens (tertiary/aromatic N) is 2. The van der Waals surface area contributed by atoms with E-state index in [1.54, 1.807) is 37.6 Å². The number of hydrogen-bond acceptors (Lipinski definition) is 4. The van der Waals surface area contributed by atoms with Crippen LogP contribution in [0.3, 0.4) is 0 Å². The molecule has 2 rings (SSSR count). The fourth-order valence-corrected chi connectivity index (χ4v) is 1.64. The first-order valence-electron chi connectivity index (χ1n) is 5.16. The zero-order valence-corrected chi connectivity index (χ0v) is 11.1. The Balaban J connectivity index is 2.07. The van der Waals surface area contributed by atoms with Crippen LogP contribution in [0.4, 0.5) is 0 Å². The molecule has 5 nitrogen and oxygen atoms in total. The molecule has 0 aliphatic rings. The summed E-state index contributed by atoms with van der Waals surface area (Å²) in [6.07, 6.45) is 4.63. The molecule has 2 aromatic rings. The van der Waals surface area contributed by atoms with Gasteiger partial charge >= 0.3 is 0 Å². The highest BCUT2D eigenvalue weighted by Crippen LogP contribution is 2.09. The van der Waals surface area contributed by atoms with Crippen LogP contribution in [0, 0.1) is 0 Å². The normalized spacial score (nSPS) is 11.3. The number of furan rings is 1. The Morgan fingerprint density at radius 2 is 2.33 bits per heavy atom. The van der Waals surface area contributed by atoms with E-state index in [0.717, 1.165) is 4.47 Å². The van der Waals surface area contributed by atoms with Crippen molar-refractivity contribution in [2.75, 3.05) is 0 Å². The summed E-state index contributed by atoms with van der Waals surface area (Å²) in [4.78, 5) is 15.7. The van der Waals surface area contributed by atoms with Gasteiger partial charge in [-0.15, -0.1) is 0 Å². The maximum absolute atomic E-state index is 11.8. The van der Waals surface area contributed by atoms with E-state index < -0.39 is 0 Å². The van der Waals surface area contributed by atoms with Crippen LogP contribution in [0.2, 0.25) is 0 Å². The second kappa shape index (κ2) is 5.59. The molecule has 0 unspecified atom stereocenters. The zero-order chi connectivity index (χ0) is 13.0. The summed E-state index contributed by atoms with van der Waals surface area (Å²) in [7, 11) is 0. The molecule has 0 saturated carbocycles. The van der Waals surface area contributed by atoms with Crippen molar-refractivity contribution in [1.29, 1.82) is 0 Å². The molecule has 0 aliphatic heterocycles. The van der Waals surface area contributed by atoms with Gasteiger partial charge in [0.25, 0.3) is 5.91 Å². The van der Waals surface area contributed by atoms with E-state index >= 15 is 0 Å². The third-order valence-corrected chi connectivity index (χ3v) is 2.60. The van der Waals surface area contributed by atoms with E-state index in [1.165, 1.54) is 6.20 Å². The first-order valence-corrected chi connectivity index (χ1v) is 5.95. The number of carbonyl (C=O) groups excluding carboxylic acids is 1. The Kier molecular flexibility index (Phi) is 3.88. The molecule has 0 radical (unpaired) electrons. The average Bonchev–Trinajstić information content (AvgIpc) is 2.89. The first-order chi connectivity index (χ1) is 8.66. The fourth-order valence-electron chi connectivity index (χ4n) is 1.27. The highest BCUT2D eigenvalue weighted by atomic mass is 79.9. The van der Waals surface area contributed by atoms with Crippen molar-refractivity contribution in [3.05, 3.63) is 52.7 Å². The molecule has 2 heterocycles. The molecule has 0 saturated heterocycles. The van der Waals surface area contributed by atoms with E-state index in [0.29, 0.717) is 17.0 Å². The number of hydrogen-bond donors (Lipinski definition) is 1. The monoisotopic (exact) mass is 307 g/mol. The molecule has 0 spiro atoms. The van der Waals surface area contributed by atoms with Gasteiger partial charge in [-0.3, -0.25) is 9.78 Å². The van der Waals surface area contributed by atoms with Gasteiger partial charge in [-0.2, -0.15) is 5.10 Å². The summed E-state index contributed by atoms with van der Waals surface area (Å²) < 4.78 is 5.89. The highest BCUT2D eigenvalue weighted by Gasteiger charge is 2.06. The SMILES string of the molecule is CC(=NNC(=O)c1cncc(Br)c1)c1ccco1. The number of carbonyl (C=O) groups is 1. The van der Waals surface area contributed by atoms with Crippen molar-refractivity contribution in [2.24, 2.45) is 5.10 Å². The van der Waals surface area contributed by atoms with Crippen LogP contribution >= 0.6 is 15.9 Å². The smallest absolute Gasteiger partial charge is 0.272 e. The molecule has 0 aliphatic carbocycles. The largest absolute Gasteiger partial charge is 0.463 e. The van der Waals surface area contributed by atoms with E-state index in [1.807, 2.05) is 0 Å². The number of amides is 1. The molecule has 0 atom stereocenters. The van der Waals surface area contributed by atoms with Gasteiger partial charge in [-0.05, 0) is 41.1 Å². The minimum absolute atomic E-state index is 0.324. The molecule has 2 aromatic heterocycles. The van der Waals surface area contributed by atoms with Crippen molar-refractivity contribution in [3.63, 3.8) is 0 Å². The van der Waals surface area contributed by atoms with Crippen LogP contribution in [0.25, 0.3) is 0 Å². The fraction of sp³-hybridized carbons (Fsp3) is 0.0833. The van der Waals surface area contributed by atoms with Crippen LogP contribution in [-0.2, 0) is 0 Å². The predicted molar refractivity (Wildman–Crippen MR) is 70.3 cm³/mol. The molecular weight excluding hydrogens is 298 g/mol. The molecule has 6 heteroatoms. The number of pyridine rings is 1. The zero-order valence-electron chi connectivity index (χ0n) is 9.55. The second-order valence-corrected chi connectivity index (χ2v) is 4.42. The van der Waals surface area contributed by atoms with E-state index in [4.69, 9.17) is 4.42 Å². The van der Waals surface area contributed by atoms with Crippen LogP contribution < -0.4 is 5.43 Å². The minimum Gasteiger partial charge on any atom is -0.463 e. The lowest BCUT2D eigenvalue weighted by atomic mass is 10.3. The lowest BCUT2D eigenvalue weighted by molar-refractivity contribution is 0.0954. The predicted octanol–water partition coefficient (Wildman–Crippen LogP) is 2.59. The summed E-state index contributed by atoms with van der Waals surface area (Å²) in [6.45, 7) is 1.75. The van der Waals surface area contributed by atoms with Crippen molar-refractivity contribution < 1.29 is 9.21 Å². The van der Waals surface area contributed by atoms with Gasteiger partial charge in [0.1, 0.15) is 11.5 Å². The third-order valence-electron chi connectivity index (χ3n) is 2.17. The summed E-state index contributed by atoms with van der Waals surface area (Å²) in [5, 5.41) is 3.95. The Morgan fingerprint density at radius 1 is 1.50 bits per heavy atom. The molecule has 18 heavy (non-hydrogen) atoms. The summed E-state index contributed by atoms with van der Waals surface area (Å²) in [5.41, 5.74) is 3.47. The maximum atomic E-state index is 11.8. The lowest BCUT2D eigenvalue weighted by Gasteiger charge is -2.01. The van der Waals surface area contributed by atoms with Crippen molar-refractivity contribution in [1.82, 2.24) is 10.4 Å². The van der Waals surface area contributed by atoms with Gasteiger partial charge in [-0.25, -0.2) is 5.43 Å². The Labute approximate surface area is 112 Å². The number of nitrogens with one attached hydrogen (secondary N) is 1. The number of halogens is 1. The van der Waals surface area contributed by atoms with Gasteiger partial charge < -0.3 is 4.42 Å². The second-order valence-electron chi connectivity index (χ2n) is 3.51. The highest BCUT2D eigenvalue weighted by molar-refractivity contribution is 9.10. The van der Waals surface area contributed by atoms with Gasteiger partial charge in [0.2, 0.25) is 0 Å². The molecule has 0 aromatic carbocycles. The van der Waals surface area contributed by atoms with Crippen molar-refractivity contribution in [2.45, 2.75) is 6.92 Å². The van der Waals surface area contributed by atoms with E-state index in [-0.39, 0.29) is 5.91 Å². The first kappa shape index (κ1) is 12.5. The summed E-state index contributed by atoms with van der Waals surface area (Å²) in [5.74, 6) is 0.289. The van der Waals surface area contributed by atoms with Crippen molar-refractivity contribution in [3.8, 4) is 0 Å². The third kappa shape index (κ3) is 3.04. The van der Waals surface area contributed by atoms with Gasteiger partial charge in [0.05, 0.1) is 11.8 Å². The molecule has 0 fully saturated rings. The Hall–Kier alpha value is -1.95. The van der Waals surface area contributed by atoms with Crippen LogP contribution in [0.15, 0.2) is 50.8 Å². The summed E-state index contributed by atoms with van der Waals surface area (Å²) in [6, 6.07) is 5.19. The van der Waals surface area contributed by atoms with Crippen LogP contribution in [0.5, 0.6) is 0 Å². The Morgan fingerprint density at radius 3 is 3.00 bits per heavy atom. The average molecular weight is 308 g/mol. The van der Waals surface area contributed by atoms with Crippen LogP contribution in [-0.4, -0.2) is 16.6 Å².